The van der Waals surface area contributed by atoms with Crippen molar-refractivity contribution < 1.29 is 0 Å². The highest BCUT2D eigenvalue weighted by Gasteiger charge is 1.85. The standard InChI is InChI=1S/C6H14.C2H8N2/c1-4-5-6(2)3;3-1-2-4/h6H,4-5H2,1-3H3;1-4H2. The lowest BCUT2D eigenvalue weighted by Gasteiger charge is -1.95. The van der Waals surface area contributed by atoms with Crippen LogP contribution in [0.5, 0.6) is 0 Å². The predicted molar refractivity (Wildman–Crippen MR) is 47.9 cm³/mol. The molecule has 0 aliphatic rings. The summed E-state index contributed by atoms with van der Waals surface area (Å²) in [6.07, 6.45) is 2.71. The maximum Gasteiger partial charge on any atom is 0.00461 e. The van der Waals surface area contributed by atoms with E-state index >= 15 is 0 Å². The van der Waals surface area contributed by atoms with E-state index in [9.17, 15) is 0 Å². The van der Waals surface area contributed by atoms with Crippen molar-refractivity contribution in [3.63, 3.8) is 0 Å². The quantitative estimate of drug-likeness (QED) is 0.631. The molecule has 2 heteroatoms. The van der Waals surface area contributed by atoms with Gasteiger partial charge in [0.1, 0.15) is 0 Å². The zero-order valence-corrected chi connectivity index (χ0v) is 7.56. The second-order valence-electron chi connectivity index (χ2n) is 2.76. The van der Waals surface area contributed by atoms with Crippen molar-refractivity contribution in [1.82, 2.24) is 0 Å². The Bertz CT molecular complexity index is 42.5. The highest BCUT2D eigenvalue weighted by molar-refractivity contribution is 4.38. The molecule has 0 atom stereocenters. The molecule has 4 N–H and O–H groups in total. The van der Waals surface area contributed by atoms with Gasteiger partial charge in [-0.05, 0) is 5.92 Å². The molecule has 0 aliphatic carbocycles. The van der Waals surface area contributed by atoms with E-state index in [2.05, 4.69) is 20.8 Å². The van der Waals surface area contributed by atoms with Crippen LogP contribution in [0.25, 0.3) is 0 Å². The molecule has 0 rings (SSSR count). The lowest BCUT2D eigenvalue weighted by atomic mass is 10.1. The number of rotatable bonds is 3. The summed E-state index contributed by atoms with van der Waals surface area (Å²) in [6.45, 7) is 7.92. The third-order valence-corrected chi connectivity index (χ3v) is 1.03. The number of nitrogens with two attached hydrogens (primary N) is 2. The first-order valence-corrected chi connectivity index (χ1v) is 4.09. The second kappa shape index (κ2) is 11.7. The summed E-state index contributed by atoms with van der Waals surface area (Å²) in [7, 11) is 0. The van der Waals surface area contributed by atoms with E-state index in [0.717, 1.165) is 5.92 Å². The normalized spacial score (nSPS) is 9.00. The zero-order valence-electron chi connectivity index (χ0n) is 7.56. The van der Waals surface area contributed by atoms with Gasteiger partial charge in [-0.1, -0.05) is 33.6 Å². The monoisotopic (exact) mass is 146 g/mol. The van der Waals surface area contributed by atoms with Gasteiger partial charge in [-0.2, -0.15) is 0 Å². The Balaban J connectivity index is 0. The number of hydrogen-bond donors (Lipinski definition) is 2. The molecule has 0 aromatic rings. The highest BCUT2D eigenvalue weighted by Crippen LogP contribution is 2.00. The Morgan fingerprint density at radius 2 is 1.50 bits per heavy atom. The predicted octanol–water partition coefficient (Wildman–Crippen LogP) is 1.35. The Morgan fingerprint density at radius 3 is 1.50 bits per heavy atom. The third-order valence-electron chi connectivity index (χ3n) is 1.03. The van der Waals surface area contributed by atoms with Crippen LogP contribution >= 0.6 is 0 Å². The molecule has 0 radical (unpaired) electrons. The second-order valence-corrected chi connectivity index (χ2v) is 2.76. The minimum absolute atomic E-state index is 0.597. The van der Waals surface area contributed by atoms with Crippen LogP contribution in [-0.2, 0) is 0 Å². The van der Waals surface area contributed by atoms with Crippen molar-refractivity contribution in [2.75, 3.05) is 13.1 Å². The van der Waals surface area contributed by atoms with E-state index < -0.39 is 0 Å². The van der Waals surface area contributed by atoms with E-state index in [1.807, 2.05) is 0 Å². The van der Waals surface area contributed by atoms with E-state index in [1.165, 1.54) is 12.8 Å². The van der Waals surface area contributed by atoms with Gasteiger partial charge in [-0.3, -0.25) is 0 Å². The lowest BCUT2D eigenvalue weighted by molar-refractivity contribution is 0.576. The fraction of sp³-hybridized carbons (Fsp3) is 1.00. The summed E-state index contributed by atoms with van der Waals surface area (Å²) in [5.74, 6) is 0.898. The molecule has 0 aromatic heterocycles. The minimum Gasteiger partial charge on any atom is -0.329 e. The Morgan fingerprint density at radius 1 is 1.10 bits per heavy atom. The maximum atomic E-state index is 4.90. The summed E-state index contributed by atoms with van der Waals surface area (Å²) < 4.78 is 0. The zero-order chi connectivity index (χ0) is 8.41. The van der Waals surface area contributed by atoms with Crippen LogP contribution in [0.4, 0.5) is 0 Å². The van der Waals surface area contributed by atoms with Crippen molar-refractivity contribution in [3.8, 4) is 0 Å². The van der Waals surface area contributed by atoms with E-state index in [0.29, 0.717) is 13.1 Å². The van der Waals surface area contributed by atoms with Crippen molar-refractivity contribution in [2.24, 2.45) is 17.4 Å². The molecule has 0 heterocycles. The lowest BCUT2D eigenvalue weighted by Crippen LogP contribution is -2.11. The third kappa shape index (κ3) is 24.7. The van der Waals surface area contributed by atoms with Crippen molar-refractivity contribution >= 4 is 0 Å². The molecule has 0 bridgehead atoms. The first-order valence-electron chi connectivity index (χ1n) is 4.09. The van der Waals surface area contributed by atoms with Crippen LogP contribution < -0.4 is 11.5 Å². The SMILES string of the molecule is CCCC(C)C.NCCN. The van der Waals surface area contributed by atoms with E-state index in [-0.39, 0.29) is 0 Å². The molecule has 0 spiro atoms. The number of hydrogen-bond acceptors (Lipinski definition) is 2. The van der Waals surface area contributed by atoms with Crippen molar-refractivity contribution in [1.29, 1.82) is 0 Å². The van der Waals surface area contributed by atoms with Gasteiger partial charge in [0, 0.05) is 13.1 Å². The van der Waals surface area contributed by atoms with Crippen LogP contribution in [0.2, 0.25) is 0 Å². The summed E-state index contributed by atoms with van der Waals surface area (Å²) in [6, 6.07) is 0. The Labute approximate surface area is 65.0 Å². The molecule has 2 nitrogen and oxygen atoms in total. The average molecular weight is 146 g/mol. The van der Waals surface area contributed by atoms with Gasteiger partial charge in [0.2, 0.25) is 0 Å². The van der Waals surface area contributed by atoms with Gasteiger partial charge in [0.05, 0.1) is 0 Å². The van der Waals surface area contributed by atoms with Crippen molar-refractivity contribution in [3.05, 3.63) is 0 Å². The molecule has 0 unspecified atom stereocenters. The van der Waals surface area contributed by atoms with Crippen LogP contribution in [-0.4, -0.2) is 13.1 Å². The Hall–Kier alpha value is -0.0800. The van der Waals surface area contributed by atoms with Crippen LogP contribution in [0.1, 0.15) is 33.6 Å². The Kier molecular flexibility index (Phi) is 14.7. The molecule has 0 saturated carbocycles. The molecule has 0 fully saturated rings. The summed E-state index contributed by atoms with van der Waals surface area (Å²) in [4.78, 5) is 0. The molecular weight excluding hydrogens is 124 g/mol. The molecule has 10 heavy (non-hydrogen) atoms. The van der Waals surface area contributed by atoms with Gasteiger partial charge in [0.15, 0.2) is 0 Å². The van der Waals surface area contributed by atoms with Crippen molar-refractivity contribution in [2.45, 2.75) is 33.6 Å². The fourth-order valence-electron chi connectivity index (χ4n) is 0.577. The average Bonchev–Trinajstić information content (AvgIpc) is 1.89. The first kappa shape index (κ1) is 12.6. The largest absolute Gasteiger partial charge is 0.329 e. The summed E-state index contributed by atoms with van der Waals surface area (Å²) in [5.41, 5.74) is 9.81. The van der Waals surface area contributed by atoms with Gasteiger partial charge in [0.25, 0.3) is 0 Å². The fourth-order valence-corrected chi connectivity index (χ4v) is 0.577. The maximum absolute atomic E-state index is 4.90. The summed E-state index contributed by atoms with van der Waals surface area (Å²) >= 11 is 0. The van der Waals surface area contributed by atoms with Crippen LogP contribution in [0, 0.1) is 5.92 Å². The highest BCUT2D eigenvalue weighted by atomic mass is 14.6. The van der Waals surface area contributed by atoms with E-state index in [4.69, 9.17) is 11.5 Å². The van der Waals surface area contributed by atoms with Gasteiger partial charge in [-0.25, -0.2) is 0 Å². The molecule has 0 amide bonds. The molecular formula is C8H22N2. The van der Waals surface area contributed by atoms with Gasteiger partial charge < -0.3 is 11.5 Å². The van der Waals surface area contributed by atoms with Gasteiger partial charge in [-0.15, -0.1) is 0 Å². The van der Waals surface area contributed by atoms with Crippen LogP contribution in [0.3, 0.4) is 0 Å². The molecule has 0 aromatic carbocycles. The van der Waals surface area contributed by atoms with Crippen LogP contribution in [0.15, 0.2) is 0 Å². The molecule has 64 valence electrons. The molecule has 0 aliphatic heterocycles. The first-order chi connectivity index (χ1) is 4.68. The minimum atomic E-state index is 0.597. The smallest absolute Gasteiger partial charge is 0.00461 e. The van der Waals surface area contributed by atoms with E-state index in [1.54, 1.807) is 0 Å². The topological polar surface area (TPSA) is 52.0 Å². The van der Waals surface area contributed by atoms with Gasteiger partial charge >= 0.3 is 0 Å². The molecule has 0 saturated heterocycles. The summed E-state index contributed by atoms with van der Waals surface area (Å²) in [5, 5.41) is 0.